The van der Waals surface area contributed by atoms with Gasteiger partial charge in [-0.2, -0.15) is 5.10 Å². The van der Waals surface area contributed by atoms with Crippen LogP contribution < -0.4 is 14.9 Å². The zero-order chi connectivity index (χ0) is 20.5. The predicted molar refractivity (Wildman–Crippen MR) is 115 cm³/mol. The molecule has 0 aliphatic rings. The van der Waals surface area contributed by atoms with Gasteiger partial charge in [-0.3, -0.25) is 4.79 Å². The normalized spacial score (nSPS) is 10.7. The van der Waals surface area contributed by atoms with Gasteiger partial charge in [0, 0.05) is 10.0 Å². The standard InChI is InChI=1S/C22H18Cl2N2O3/c23-18-6-4-16(5-7-18)14-28-21-3-1-2-17(12-21)13-25-26-22(27)15-29-20-10-8-19(24)9-11-20/h1-13H,14-15H2,(H,26,27)/b25-13+. The Balaban J connectivity index is 1.46. The van der Waals surface area contributed by atoms with Crippen LogP contribution in [0.1, 0.15) is 11.1 Å². The number of nitrogens with one attached hydrogen (secondary N) is 1. The zero-order valence-corrected chi connectivity index (χ0v) is 16.9. The molecule has 0 radical (unpaired) electrons. The number of rotatable bonds is 8. The minimum Gasteiger partial charge on any atom is -0.489 e. The summed E-state index contributed by atoms with van der Waals surface area (Å²) in [5, 5.41) is 5.23. The van der Waals surface area contributed by atoms with Crippen molar-refractivity contribution >= 4 is 35.3 Å². The Morgan fingerprint density at radius 3 is 2.31 bits per heavy atom. The second-order valence-electron chi connectivity index (χ2n) is 6.02. The lowest BCUT2D eigenvalue weighted by Gasteiger charge is -2.07. The van der Waals surface area contributed by atoms with E-state index >= 15 is 0 Å². The average Bonchev–Trinajstić information content (AvgIpc) is 2.73. The Morgan fingerprint density at radius 1 is 0.897 bits per heavy atom. The van der Waals surface area contributed by atoms with Gasteiger partial charge in [0.15, 0.2) is 6.61 Å². The number of nitrogens with zero attached hydrogens (tertiary/aromatic N) is 1. The minimum absolute atomic E-state index is 0.150. The molecule has 0 fully saturated rings. The van der Waals surface area contributed by atoms with Crippen LogP contribution >= 0.6 is 23.2 Å². The van der Waals surface area contributed by atoms with E-state index in [9.17, 15) is 4.79 Å². The first-order valence-electron chi connectivity index (χ1n) is 8.76. The number of benzene rings is 3. The Bertz CT molecular complexity index is 974. The van der Waals surface area contributed by atoms with Crippen LogP contribution in [0, 0.1) is 0 Å². The largest absolute Gasteiger partial charge is 0.489 e. The first-order chi connectivity index (χ1) is 14.1. The van der Waals surface area contributed by atoms with Crippen molar-refractivity contribution in [3.63, 3.8) is 0 Å². The molecule has 3 aromatic rings. The summed E-state index contributed by atoms with van der Waals surface area (Å²) in [6.45, 7) is 0.278. The van der Waals surface area contributed by atoms with Crippen LogP contribution in [0.25, 0.3) is 0 Å². The highest BCUT2D eigenvalue weighted by Crippen LogP contribution is 2.16. The molecule has 1 N–H and O–H groups in total. The van der Waals surface area contributed by atoms with E-state index in [-0.39, 0.29) is 12.5 Å². The molecular formula is C22H18Cl2N2O3. The number of carbonyl (C=O) groups excluding carboxylic acids is 1. The van der Waals surface area contributed by atoms with Crippen LogP contribution in [0.2, 0.25) is 10.0 Å². The summed E-state index contributed by atoms with van der Waals surface area (Å²) in [7, 11) is 0. The summed E-state index contributed by atoms with van der Waals surface area (Å²) in [5.74, 6) is 0.881. The molecule has 0 atom stereocenters. The van der Waals surface area contributed by atoms with Gasteiger partial charge in [-0.1, -0.05) is 47.5 Å². The van der Waals surface area contributed by atoms with Gasteiger partial charge < -0.3 is 9.47 Å². The monoisotopic (exact) mass is 428 g/mol. The molecule has 3 rings (SSSR count). The van der Waals surface area contributed by atoms with Crippen molar-refractivity contribution in [3.05, 3.63) is 94.0 Å². The molecule has 5 nitrogen and oxygen atoms in total. The Kier molecular flexibility index (Phi) is 7.50. The number of hydrogen-bond acceptors (Lipinski definition) is 4. The summed E-state index contributed by atoms with van der Waals surface area (Å²) in [6.07, 6.45) is 1.54. The van der Waals surface area contributed by atoms with Crippen molar-refractivity contribution < 1.29 is 14.3 Å². The molecule has 7 heteroatoms. The van der Waals surface area contributed by atoms with Gasteiger partial charge in [-0.05, 0) is 59.7 Å². The minimum atomic E-state index is -0.369. The lowest BCUT2D eigenvalue weighted by Crippen LogP contribution is -2.24. The zero-order valence-electron chi connectivity index (χ0n) is 15.3. The van der Waals surface area contributed by atoms with Crippen molar-refractivity contribution in [2.45, 2.75) is 6.61 Å². The third-order valence-electron chi connectivity index (χ3n) is 3.76. The Labute approximate surface area is 178 Å². The van der Waals surface area contributed by atoms with Gasteiger partial charge in [-0.25, -0.2) is 5.43 Å². The van der Waals surface area contributed by atoms with Gasteiger partial charge in [0.2, 0.25) is 0 Å². The van der Waals surface area contributed by atoms with E-state index < -0.39 is 0 Å². The SMILES string of the molecule is O=C(COc1ccc(Cl)cc1)N/N=C/c1cccc(OCc2ccc(Cl)cc2)c1. The van der Waals surface area contributed by atoms with Crippen LogP contribution in [0.4, 0.5) is 0 Å². The van der Waals surface area contributed by atoms with E-state index in [4.69, 9.17) is 32.7 Å². The maximum atomic E-state index is 11.8. The molecule has 0 aliphatic carbocycles. The lowest BCUT2D eigenvalue weighted by atomic mass is 10.2. The molecule has 3 aromatic carbocycles. The van der Waals surface area contributed by atoms with E-state index in [1.807, 2.05) is 48.5 Å². The number of hydrazone groups is 1. The van der Waals surface area contributed by atoms with Crippen LogP contribution in [0.15, 0.2) is 77.9 Å². The third-order valence-corrected chi connectivity index (χ3v) is 4.27. The van der Waals surface area contributed by atoms with Gasteiger partial charge in [0.05, 0.1) is 6.21 Å². The molecule has 0 unspecified atom stereocenters. The number of amides is 1. The fourth-order valence-corrected chi connectivity index (χ4v) is 2.57. The summed E-state index contributed by atoms with van der Waals surface area (Å²) < 4.78 is 11.1. The fourth-order valence-electron chi connectivity index (χ4n) is 2.32. The molecule has 0 heterocycles. The van der Waals surface area contributed by atoms with Crippen LogP contribution in [-0.4, -0.2) is 18.7 Å². The van der Waals surface area contributed by atoms with Crippen molar-refractivity contribution in [1.29, 1.82) is 0 Å². The summed E-state index contributed by atoms with van der Waals surface area (Å²) in [5.41, 5.74) is 4.23. The smallest absolute Gasteiger partial charge is 0.277 e. The van der Waals surface area contributed by atoms with Gasteiger partial charge in [0.1, 0.15) is 18.1 Å². The highest BCUT2D eigenvalue weighted by molar-refractivity contribution is 6.30. The Hall–Kier alpha value is -3.02. The molecule has 0 aromatic heterocycles. The summed E-state index contributed by atoms with van der Waals surface area (Å²) in [4.78, 5) is 11.8. The maximum Gasteiger partial charge on any atom is 0.277 e. The van der Waals surface area contributed by atoms with E-state index in [2.05, 4.69) is 10.5 Å². The first kappa shape index (κ1) is 20.7. The molecule has 1 amide bonds. The second kappa shape index (κ2) is 10.5. The van der Waals surface area contributed by atoms with E-state index in [1.54, 1.807) is 24.3 Å². The highest BCUT2D eigenvalue weighted by atomic mass is 35.5. The van der Waals surface area contributed by atoms with Crippen molar-refractivity contribution in [2.75, 3.05) is 6.61 Å². The molecular weight excluding hydrogens is 411 g/mol. The van der Waals surface area contributed by atoms with Gasteiger partial charge in [0.25, 0.3) is 5.91 Å². The van der Waals surface area contributed by atoms with E-state index in [1.165, 1.54) is 6.21 Å². The van der Waals surface area contributed by atoms with Gasteiger partial charge >= 0.3 is 0 Å². The molecule has 0 saturated heterocycles. The third kappa shape index (κ3) is 7.14. The first-order valence-corrected chi connectivity index (χ1v) is 9.52. The molecule has 0 aliphatic heterocycles. The Morgan fingerprint density at radius 2 is 1.59 bits per heavy atom. The molecule has 0 bridgehead atoms. The molecule has 29 heavy (non-hydrogen) atoms. The number of carbonyl (C=O) groups is 1. The molecule has 148 valence electrons. The van der Waals surface area contributed by atoms with Gasteiger partial charge in [-0.15, -0.1) is 0 Å². The van der Waals surface area contributed by atoms with Crippen molar-refractivity contribution in [1.82, 2.24) is 5.43 Å². The predicted octanol–water partition coefficient (Wildman–Crippen LogP) is 5.10. The number of hydrogen-bond donors (Lipinski definition) is 1. The topological polar surface area (TPSA) is 59.9 Å². The number of ether oxygens (including phenoxy) is 2. The quantitative estimate of drug-likeness (QED) is 0.400. The molecule has 0 saturated carbocycles. The summed E-state index contributed by atoms with van der Waals surface area (Å²) in [6, 6.07) is 21.6. The van der Waals surface area contributed by atoms with E-state index in [0.717, 1.165) is 11.1 Å². The second-order valence-corrected chi connectivity index (χ2v) is 6.90. The highest BCUT2D eigenvalue weighted by Gasteiger charge is 2.02. The van der Waals surface area contributed by atoms with Crippen molar-refractivity contribution in [3.8, 4) is 11.5 Å². The lowest BCUT2D eigenvalue weighted by molar-refractivity contribution is -0.123. The summed E-state index contributed by atoms with van der Waals surface area (Å²) >= 11 is 11.7. The van der Waals surface area contributed by atoms with Crippen LogP contribution in [0.3, 0.4) is 0 Å². The number of halogens is 2. The maximum absolute atomic E-state index is 11.8. The van der Waals surface area contributed by atoms with Crippen molar-refractivity contribution in [2.24, 2.45) is 5.10 Å². The average molecular weight is 429 g/mol. The van der Waals surface area contributed by atoms with Crippen LogP contribution in [0.5, 0.6) is 11.5 Å². The molecule has 0 spiro atoms. The van der Waals surface area contributed by atoms with Crippen LogP contribution in [-0.2, 0) is 11.4 Å². The van der Waals surface area contributed by atoms with E-state index in [0.29, 0.717) is 28.2 Å². The fraction of sp³-hybridized carbons (Fsp3) is 0.0909.